The van der Waals surface area contributed by atoms with Crippen molar-refractivity contribution in [2.45, 2.75) is 13.3 Å². The van der Waals surface area contributed by atoms with Gasteiger partial charge in [0.2, 0.25) is 5.91 Å². The van der Waals surface area contributed by atoms with Gasteiger partial charge in [-0.15, -0.1) is 0 Å². The molecule has 7 nitrogen and oxygen atoms in total. The van der Waals surface area contributed by atoms with E-state index in [0.717, 1.165) is 5.56 Å². The number of ether oxygens (including phenoxy) is 1. The SMILES string of the molecule is Cc1ccc(OCC(=O)N2CCN(C(=O)CC(=O)[O-])CC2)cc1. The molecule has 0 saturated carbocycles. The number of aryl methyl sites for hydroxylation is 1. The fraction of sp³-hybridized carbons (Fsp3) is 0.438. The molecule has 0 spiro atoms. The van der Waals surface area contributed by atoms with Crippen molar-refractivity contribution in [2.24, 2.45) is 0 Å². The molecule has 0 radical (unpaired) electrons. The standard InChI is InChI=1S/C16H20N2O5/c1-12-2-4-13(5-3-12)23-11-15(20)18-8-6-17(7-9-18)14(19)10-16(21)22/h2-5H,6-11H2,1H3,(H,21,22)/p-1. The summed E-state index contributed by atoms with van der Waals surface area (Å²) in [6, 6.07) is 7.42. The molecule has 1 aromatic rings. The molecular formula is C16H19N2O5-. The highest BCUT2D eigenvalue weighted by molar-refractivity contribution is 5.92. The molecule has 0 atom stereocenters. The van der Waals surface area contributed by atoms with Crippen LogP contribution in [-0.2, 0) is 14.4 Å². The van der Waals surface area contributed by atoms with Gasteiger partial charge in [-0.3, -0.25) is 9.59 Å². The second-order valence-electron chi connectivity index (χ2n) is 5.41. The summed E-state index contributed by atoms with van der Waals surface area (Å²) >= 11 is 0. The van der Waals surface area contributed by atoms with E-state index in [1.807, 2.05) is 19.1 Å². The van der Waals surface area contributed by atoms with Crippen molar-refractivity contribution in [1.29, 1.82) is 0 Å². The van der Waals surface area contributed by atoms with Gasteiger partial charge in [-0.2, -0.15) is 0 Å². The molecule has 124 valence electrons. The van der Waals surface area contributed by atoms with E-state index in [2.05, 4.69) is 0 Å². The minimum Gasteiger partial charge on any atom is -0.550 e. The Balaban J connectivity index is 1.76. The normalized spacial score (nSPS) is 14.5. The lowest BCUT2D eigenvalue weighted by molar-refractivity contribution is -0.304. The smallest absolute Gasteiger partial charge is 0.260 e. The van der Waals surface area contributed by atoms with E-state index in [1.54, 1.807) is 17.0 Å². The third kappa shape index (κ3) is 4.98. The molecular weight excluding hydrogens is 300 g/mol. The minimum atomic E-state index is -1.39. The average molecular weight is 319 g/mol. The summed E-state index contributed by atoms with van der Waals surface area (Å²) in [5.74, 6) is -1.39. The van der Waals surface area contributed by atoms with Crippen molar-refractivity contribution in [3.05, 3.63) is 29.8 Å². The number of nitrogens with zero attached hydrogens (tertiary/aromatic N) is 2. The van der Waals surface area contributed by atoms with E-state index in [9.17, 15) is 19.5 Å². The summed E-state index contributed by atoms with van der Waals surface area (Å²) < 4.78 is 5.45. The number of benzene rings is 1. The summed E-state index contributed by atoms with van der Waals surface area (Å²) in [5, 5.41) is 10.4. The molecule has 0 aromatic heterocycles. The molecule has 0 bridgehead atoms. The number of hydrogen-bond donors (Lipinski definition) is 0. The van der Waals surface area contributed by atoms with Gasteiger partial charge in [0.1, 0.15) is 5.75 Å². The van der Waals surface area contributed by atoms with Crippen LogP contribution >= 0.6 is 0 Å². The Morgan fingerprint density at radius 1 is 1.00 bits per heavy atom. The lowest BCUT2D eigenvalue weighted by Gasteiger charge is -2.34. The highest BCUT2D eigenvalue weighted by Gasteiger charge is 2.24. The zero-order valence-corrected chi connectivity index (χ0v) is 13.0. The van der Waals surface area contributed by atoms with E-state index in [-0.39, 0.29) is 12.5 Å². The van der Waals surface area contributed by atoms with Gasteiger partial charge in [-0.1, -0.05) is 17.7 Å². The molecule has 1 fully saturated rings. The van der Waals surface area contributed by atoms with E-state index in [4.69, 9.17) is 4.74 Å². The minimum absolute atomic E-state index is 0.0595. The first-order chi connectivity index (χ1) is 11.0. The Morgan fingerprint density at radius 2 is 1.52 bits per heavy atom. The van der Waals surface area contributed by atoms with Crippen LogP contribution in [0, 0.1) is 6.92 Å². The molecule has 1 saturated heterocycles. The summed E-state index contributed by atoms with van der Waals surface area (Å²) in [6.07, 6.45) is -0.621. The van der Waals surface area contributed by atoms with Crippen LogP contribution in [0.15, 0.2) is 24.3 Å². The Kier molecular flexibility index (Phi) is 5.56. The van der Waals surface area contributed by atoms with Gasteiger partial charge >= 0.3 is 0 Å². The van der Waals surface area contributed by atoms with Crippen LogP contribution in [-0.4, -0.2) is 60.4 Å². The monoisotopic (exact) mass is 319 g/mol. The number of rotatable bonds is 5. The first kappa shape index (κ1) is 16.8. The number of carbonyl (C=O) groups is 3. The van der Waals surface area contributed by atoms with Gasteiger partial charge in [0.05, 0.1) is 12.4 Å². The molecule has 0 aliphatic carbocycles. The van der Waals surface area contributed by atoms with Crippen LogP contribution in [0.2, 0.25) is 0 Å². The van der Waals surface area contributed by atoms with Crippen molar-refractivity contribution in [3.63, 3.8) is 0 Å². The molecule has 23 heavy (non-hydrogen) atoms. The maximum atomic E-state index is 12.1. The van der Waals surface area contributed by atoms with Gasteiger partial charge in [0.25, 0.3) is 5.91 Å². The van der Waals surface area contributed by atoms with Gasteiger partial charge in [-0.05, 0) is 19.1 Å². The number of aliphatic carboxylic acids is 1. The number of hydrogen-bond acceptors (Lipinski definition) is 5. The maximum absolute atomic E-state index is 12.1. The van der Waals surface area contributed by atoms with Gasteiger partial charge in [-0.25, -0.2) is 0 Å². The molecule has 1 aliphatic rings. The second kappa shape index (κ2) is 7.62. The number of carboxylic acids is 1. The summed E-state index contributed by atoms with van der Waals surface area (Å²) in [4.78, 5) is 37.2. The Bertz CT molecular complexity index is 577. The van der Waals surface area contributed by atoms with Gasteiger partial charge < -0.3 is 24.4 Å². The van der Waals surface area contributed by atoms with E-state index in [0.29, 0.717) is 31.9 Å². The third-order valence-electron chi connectivity index (χ3n) is 3.66. The zero-order valence-electron chi connectivity index (χ0n) is 13.0. The third-order valence-corrected chi connectivity index (χ3v) is 3.66. The van der Waals surface area contributed by atoms with Crippen molar-refractivity contribution in [3.8, 4) is 5.75 Å². The van der Waals surface area contributed by atoms with E-state index in [1.165, 1.54) is 4.90 Å². The van der Waals surface area contributed by atoms with Crippen LogP contribution in [0.4, 0.5) is 0 Å². The van der Waals surface area contributed by atoms with Crippen molar-refractivity contribution >= 4 is 17.8 Å². The lowest BCUT2D eigenvalue weighted by Crippen LogP contribution is -2.52. The Hall–Kier alpha value is -2.57. The molecule has 1 heterocycles. The fourth-order valence-corrected chi connectivity index (χ4v) is 2.31. The number of amides is 2. The predicted molar refractivity (Wildman–Crippen MR) is 79.5 cm³/mol. The van der Waals surface area contributed by atoms with Crippen molar-refractivity contribution < 1.29 is 24.2 Å². The summed E-state index contributed by atoms with van der Waals surface area (Å²) in [6.45, 7) is 3.29. The number of carbonyl (C=O) groups excluding carboxylic acids is 3. The Labute approximate surface area is 134 Å². The molecule has 2 rings (SSSR count). The molecule has 0 unspecified atom stereocenters. The van der Waals surface area contributed by atoms with Crippen LogP contribution in [0.25, 0.3) is 0 Å². The van der Waals surface area contributed by atoms with Crippen LogP contribution in [0.5, 0.6) is 5.75 Å². The number of piperazine rings is 1. The van der Waals surface area contributed by atoms with E-state index < -0.39 is 18.3 Å². The largest absolute Gasteiger partial charge is 0.550 e. The predicted octanol–water partition coefficient (Wildman–Crippen LogP) is -0.815. The van der Waals surface area contributed by atoms with Gasteiger partial charge in [0, 0.05) is 26.2 Å². The molecule has 2 amide bonds. The van der Waals surface area contributed by atoms with Crippen molar-refractivity contribution in [1.82, 2.24) is 9.80 Å². The molecule has 7 heteroatoms. The molecule has 1 aliphatic heterocycles. The Morgan fingerprint density at radius 3 is 2.04 bits per heavy atom. The molecule has 0 N–H and O–H groups in total. The quantitative estimate of drug-likeness (QED) is 0.662. The average Bonchev–Trinajstić information content (AvgIpc) is 2.53. The van der Waals surface area contributed by atoms with Gasteiger partial charge in [0.15, 0.2) is 6.61 Å². The summed E-state index contributed by atoms with van der Waals surface area (Å²) in [7, 11) is 0. The van der Waals surface area contributed by atoms with Crippen LogP contribution in [0.1, 0.15) is 12.0 Å². The molecule has 1 aromatic carbocycles. The van der Waals surface area contributed by atoms with Crippen LogP contribution < -0.4 is 9.84 Å². The first-order valence-corrected chi connectivity index (χ1v) is 7.40. The maximum Gasteiger partial charge on any atom is 0.260 e. The van der Waals surface area contributed by atoms with Crippen molar-refractivity contribution in [2.75, 3.05) is 32.8 Å². The summed E-state index contributed by atoms with van der Waals surface area (Å²) in [5.41, 5.74) is 1.11. The second-order valence-corrected chi connectivity index (χ2v) is 5.41. The first-order valence-electron chi connectivity index (χ1n) is 7.40. The number of carboxylic acid groups (broad SMARTS) is 1. The fourth-order valence-electron chi connectivity index (χ4n) is 2.31. The van der Waals surface area contributed by atoms with Crippen LogP contribution in [0.3, 0.4) is 0 Å². The van der Waals surface area contributed by atoms with E-state index >= 15 is 0 Å². The lowest BCUT2D eigenvalue weighted by atomic mass is 10.2. The topological polar surface area (TPSA) is 90.0 Å². The highest BCUT2D eigenvalue weighted by atomic mass is 16.5. The highest BCUT2D eigenvalue weighted by Crippen LogP contribution is 2.12. The zero-order chi connectivity index (χ0) is 16.8.